The fourth-order valence-electron chi connectivity index (χ4n) is 2.63. The van der Waals surface area contributed by atoms with Crippen LogP contribution in [0.2, 0.25) is 0 Å². The maximum Gasteiger partial charge on any atom is 0.326 e. The average Bonchev–Trinajstić information content (AvgIpc) is 2.52. The number of aliphatic carboxylic acids is 1. The number of hydrogen-bond acceptors (Lipinski definition) is 3. The van der Waals surface area contributed by atoms with Crippen LogP contribution >= 0.6 is 0 Å². The Labute approximate surface area is 114 Å². The molecule has 0 radical (unpaired) electrons. The molecule has 0 spiro atoms. The molecule has 5 nitrogen and oxygen atoms in total. The second-order valence-electron chi connectivity index (χ2n) is 5.94. The predicted octanol–water partition coefficient (Wildman–Crippen LogP) is 1.51. The smallest absolute Gasteiger partial charge is 0.326 e. The van der Waals surface area contributed by atoms with Crippen molar-refractivity contribution in [1.29, 1.82) is 0 Å². The molecule has 5 heteroatoms. The van der Waals surface area contributed by atoms with Crippen LogP contribution in [0.25, 0.3) is 0 Å². The second-order valence-corrected chi connectivity index (χ2v) is 5.94. The normalized spacial score (nSPS) is 25.7. The van der Waals surface area contributed by atoms with Gasteiger partial charge in [0.2, 0.25) is 5.91 Å². The highest BCUT2D eigenvalue weighted by Gasteiger charge is 2.30. The summed E-state index contributed by atoms with van der Waals surface area (Å²) >= 11 is 0. The minimum Gasteiger partial charge on any atom is -0.480 e. The van der Waals surface area contributed by atoms with Crippen LogP contribution in [0.1, 0.15) is 52.4 Å². The summed E-state index contributed by atoms with van der Waals surface area (Å²) in [6.07, 6.45) is 5.21. The van der Waals surface area contributed by atoms with Crippen molar-refractivity contribution >= 4 is 11.9 Å². The molecule has 3 atom stereocenters. The molecule has 0 saturated heterocycles. The molecule has 2 unspecified atom stereocenters. The molecule has 1 aliphatic carbocycles. The first-order valence-corrected chi connectivity index (χ1v) is 7.20. The summed E-state index contributed by atoms with van der Waals surface area (Å²) in [5.74, 6) is -1.17. The maximum atomic E-state index is 12.2. The number of carboxylic acids is 1. The summed E-state index contributed by atoms with van der Waals surface area (Å²) in [7, 11) is 0. The van der Waals surface area contributed by atoms with E-state index in [-0.39, 0.29) is 23.8 Å². The van der Waals surface area contributed by atoms with Crippen LogP contribution in [0.4, 0.5) is 0 Å². The lowest BCUT2D eigenvalue weighted by Crippen LogP contribution is -2.48. The van der Waals surface area contributed by atoms with E-state index < -0.39 is 12.0 Å². The third-order valence-electron chi connectivity index (χ3n) is 3.73. The first kappa shape index (κ1) is 16.0. The molecule has 0 bridgehead atoms. The van der Waals surface area contributed by atoms with E-state index >= 15 is 0 Å². The summed E-state index contributed by atoms with van der Waals surface area (Å²) < 4.78 is 0. The number of nitrogens with two attached hydrogens (primary N) is 1. The number of carbonyl (C=O) groups excluding carboxylic acids is 1. The molecule has 0 aromatic carbocycles. The van der Waals surface area contributed by atoms with Crippen LogP contribution in [0.15, 0.2) is 0 Å². The molecule has 0 heterocycles. The third-order valence-corrected chi connectivity index (χ3v) is 3.73. The van der Waals surface area contributed by atoms with Gasteiger partial charge in [-0.2, -0.15) is 0 Å². The van der Waals surface area contributed by atoms with E-state index in [9.17, 15) is 9.59 Å². The zero-order valence-corrected chi connectivity index (χ0v) is 11.9. The molecule has 0 aliphatic heterocycles. The topological polar surface area (TPSA) is 92.4 Å². The Morgan fingerprint density at radius 2 is 1.89 bits per heavy atom. The molecule has 0 aromatic heterocycles. The van der Waals surface area contributed by atoms with Gasteiger partial charge >= 0.3 is 5.97 Å². The zero-order valence-electron chi connectivity index (χ0n) is 11.9. The van der Waals surface area contributed by atoms with Crippen molar-refractivity contribution in [1.82, 2.24) is 5.32 Å². The van der Waals surface area contributed by atoms with Gasteiger partial charge in [-0.05, 0) is 25.2 Å². The molecule has 0 aromatic rings. The quantitative estimate of drug-likeness (QED) is 0.660. The second kappa shape index (κ2) is 7.48. The number of hydrogen-bond donors (Lipinski definition) is 3. The lowest BCUT2D eigenvalue weighted by molar-refractivity contribution is -0.143. The molecule has 110 valence electrons. The Morgan fingerprint density at radius 3 is 2.47 bits per heavy atom. The van der Waals surface area contributed by atoms with Crippen molar-refractivity contribution < 1.29 is 14.7 Å². The van der Waals surface area contributed by atoms with Crippen molar-refractivity contribution in [3.8, 4) is 0 Å². The minimum absolute atomic E-state index is 0.143. The van der Waals surface area contributed by atoms with E-state index in [1.54, 1.807) is 0 Å². The van der Waals surface area contributed by atoms with Gasteiger partial charge in [-0.1, -0.05) is 33.1 Å². The molecular formula is C14H26N2O3. The van der Waals surface area contributed by atoms with Gasteiger partial charge in [0.25, 0.3) is 0 Å². The average molecular weight is 270 g/mol. The van der Waals surface area contributed by atoms with E-state index in [0.29, 0.717) is 6.42 Å². The molecule has 1 saturated carbocycles. The Hall–Kier alpha value is -1.10. The summed E-state index contributed by atoms with van der Waals surface area (Å²) in [4.78, 5) is 23.4. The summed E-state index contributed by atoms with van der Waals surface area (Å²) in [6, 6.07) is -0.945. The molecule has 1 aliphatic rings. The summed E-state index contributed by atoms with van der Waals surface area (Å²) in [5, 5.41) is 11.8. The Kier molecular flexibility index (Phi) is 6.28. The summed E-state index contributed by atoms with van der Waals surface area (Å²) in [5.41, 5.74) is 6.02. The van der Waals surface area contributed by atoms with Gasteiger partial charge in [0.15, 0.2) is 0 Å². The van der Waals surface area contributed by atoms with Crippen LogP contribution in [0.3, 0.4) is 0 Å². The first-order valence-electron chi connectivity index (χ1n) is 7.20. The van der Waals surface area contributed by atoms with Gasteiger partial charge in [0.1, 0.15) is 6.04 Å². The van der Waals surface area contributed by atoms with Gasteiger partial charge < -0.3 is 16.2 Å². The predicted molar refractivity (Wildman–Crippen MR) is 73.6 cm³/mol. The Balaban J connectivity index is 2.61. The summed E-state index contributed by atoms with van der Waals surface area (Å²) in [6.45, 7) is 3.89. The van der Waals surface area contributed by atoms with Crippen LogP contribution in [-0.2, 0) is 9.59 Å². The standard InChI is InChI=1S/C14H26N2O3/c1-9(2)8-12(14(18)19)16-13(17)10-6-4-3-5-7-11(10)15/h9-12H,3-8,15H2,1-2H3,(H,16,17)(H,18,19)/t10?,11?,12-/m0/s1. The van der Waals surface area contributed by atoms with Crippen molar-refractivity contribution in [2.24, 2.45) is 17.6 Å². The van der Waals surface area contributed by atoms with Crippen LogP contribution < -0.4 is 11.1 Å². The molecule has 1 rings (SSSR count). The van der Waals surface area contributed by atoms with E-state index in [4.69, 9.17) is 10.8 Å². The molecule has 4 N–H and O–H groups in total. The fourth-order valence-corrected chi connectivity index (χ4v) is 2.63. The van der Waals surface area contributed by atoms with E-state index in [2.05, 4.69) is 5.32 Å². The highest BCUT2D eigenvalue weighted by Crippen LogP contribution is 2.22. The number of carboxylic acid groups (broad SMARTS) is 1. The zero-order chi connectivity index (χ0) is 14.4. The van der Waals surface area contributed by atoms with Gasteiger partial charge in [-0.15, -0.1) is 0 Å². The van der Waals surface area contributed by atoms with Crippen molar-refractivity contribution in [2.45, 2.75) is 64.5 Å². The van der Waals surface area contributed by atoms with Crippen molar-refractivity contribution in [2.75, 3.05) is 0 Å². The number of nitrogens with one attached hydrogen (secondary N) is 1. The largest absolute Gasteiger partial charge is 0.480 e. The Morgan fingerprint density at radius 1 is 1.26 bits per heavy atom. The fraction of sp³-hybridized carbons (Fsp3) is 0.857. The van der Waals surface area contributed by atoms with E-state index in [1.165, 1.54) is 0 Å². The van der Waals surface area contributed by atoms with Crippen molar-refractivity contribution in [3.05, 3.63) is 0 Å². The van der Waals surface area contributed by atoms with Gasteiger partial charge in [-0.25, -0.2) is 4.79 Å². The molecular weight excluding hydrogens is 244 g/mol. The first-order chi connectivity index (χ1) is 8.91. The van der Waals surface area contributed by atoms with Crippen LogP contribution in [-0.4, -0.2) is 29.1 Å². The number of rotatable bonds is 5. The van der Waals surface area contributed by atoms with Gasteiger partial charge in [0.05, 0.1) is 5.92 Å². The van der Waals surface area contributed by atoms with Gasteiger partial charge in [-0.3, -0.25) is 4.79 Å². The third kappa shape index (κ3) is 5.19. The Bertz CT molecular complexity index is 318. The van der Waals surface area contributed by atoms with Gasteiger partial charge in [0, 0.05) is 6.04 Å². The lowest BCUT2D eigenvalue weighted by Gasteiger charge is -2.24. The lowest BCUT2D eigenvalue weighted by atomic mass is 9.93. The van der Waals surface area contributed by atoms with Crippen LogP contribution in [0.5, 0.6) is 0 Å². The highest BCUT2D eigenvalue weighted by atomic mass is 16.4. The van der Waals surface area contributed by atoms with E-state index in [0.717, 1.165) is 32.1 Å². The number of carbonyl (C=O) groups is 2. The highest BCUT2D eigenvalue weighted by molar-refractivity contribution is 5.85. The maximum absolute atomic E-state index is 12.2. The van der Waals surface area contributed by atoms with Crippen LogP contribution in [0, 0.1) is 11.8 Å². The molecule has 1 amide bonds. The monoisotopic (exact) mass is 270 g/mol. The minimum atomic E-state index is -0.968. The SMILES string of the molecule is CC(C)C[C@H](NC(=O)C1CCCCCC1N)C(=O)O. The van der Waals surface area contributed by atoms with Crippen molar-refractivity contribution in [3.63, 3.8) is 0 Å². The number of amides is 1. The molecule has 1 fully saturated rings. The molecule has 19 heavy (non-hydrogen) atoms. The van der Waals surface area contributed by atoms with E-state index in [1.807, 2.05) is 13.8 Å².